The van der Waals surface area contributed by atoms with E-state index in [1.54, 1.807) is 18.0 Å². The number of anilines is 1. The van der Waals surface area contributed by atoms with Gasteiger partial charge in [0.25, 0.3) is 5.91 Å². The Balaban J connectivity index is 1.82. The molecular weight excluding hydrogens is 332 g/mol. The molecule has 1 aromatic heterocycles. The Kier molecular flexibility index (Phi) is 3.88. The number of pyridine rings is 1. The van der Waals surface area contributed by atoms with E-state index in [1.807, 2.05) is 42.7 Å². The molecule has 1 N–H and O–H groups in total. The second kappa shape index (κ2) is 6.08. The molecule has 4 nitrogen and oxygen atoms in total. The summed E-state index contributed by atoms with van der Waals surface area (Å²) in [5.41, 5.74) is 2.83. The van der Waals surface area contributed by atoms with Crippen molar-refractivity contribution in [2.45, 2.75) is 24.3 Å². The summed E-state index contributed by atoms with van der Waals surface area (Å²) < 4.78 is 2.06. The van der Waals surface area contributed by atoms with Crippen molar-refractivity contribution in [1.29, 1.82) is 0 Å². The first-order chi connectivity index (χ1) is 12.1. The lowest BCUT2D eigenvalue weighted by molar-refractivity contribution is 0.102. The molecule has 126 valence electrons. The largest absolute Gasteiger partial charge is 0.343 e. The normalized spacial score (nSPS) is 15.5. The highest BCUT2D eigenvalue weighted by atomic mass is 32.2. The maximum absolute atomic E-state index is 12.9. The molecule has 4 rings (SSSR count). The standard InChI is InChI=1S/C20H18N2O2S/c1-12-10-13-6-5-7-14-18(13)22(12)11-15(19(14)23)20(24)21-16-8-3-4-9-17(16)25-2/h3-9,11-12H,10H2,1-2H3,(H,21,24)/t12-/m1/s1. The highest BCUT2D eigenvalue weighted by molar-refractivity contribution is 7.98. The Morgan fingerprint density at radius 2 is 2.00 bits per heavy atom. The molecule has 5 heteroatoms. The summed E-state index contributed by atoms with van der Waals surface area (Å²) in [5, 5.41) is 3.51. The van der Waals surface area contributed by atoms with Gasteiger partial charge in [0.1, 0.15) is 5.56 Å². The summed E-state index contributed by atoms with van der Waals surface area (Å²) in [4.78, 5) is 26.6. The van der Waals surface area contributed by atoms with E-state index in [4.69, 9.17) is 0 Å². The molecule has 0 radical (unpaired) electrons. The summed E-state index contributed by atoms with van der Waals surface area (Å²) in [7, 11) is 0. The minimum atomic E-state index is -0.360. The van der Waals surface area contributed by atoms with E-state index in [0.717, 1.165) is 22.5 Å². The SMILES string of the molecule is CSc1ccccc1NC(=O)c1cn2c3c(cccc3c1=O)C[C@H]2C. The van der Waals surface area contributed by atoms with Gasteiger partial charge in [0.15, 0.2) is 0 Å². The Morgan fingerprint density at radius 1 is 1.20 bits per heavy atom. The number of hydrogen-bond acceptors (Lipinski definition) is 3. The minimum Gasteiger partial charge on any atom is -0.343 e. The molecule has 1 atom stereocenters. The quantitative estimate of drug-likeness (QED) is 0.724. The van der Waals surface area contributed by atoms with Gasteiger partial charge in [0.05, 0.1) is 11.2 Å². The van der Waals surface area contributed by atoms with Crippen molar-refractivity contribution in [2.24, 2.45) is 0 Å². The van der Waals surface area contributed by atoms with Crippen molar-refractivity contribution in [1.82, 2.24) is 4.57 Å². The van der Waals surface area contributed by atoms with E-state index in [-0.39, 0.29) is 22.9 Å². The Labute approximate surface area is 149 Å². The van der Waals surface area contributed by atoms with Crippen LogP contribution in [0.25, 0.3) is 10.9 Å². The Hall–Kier alpha value is -2.53. The summed E-state index contributed by atoms with van der Waals surface area (Å²) >= 11 is 1.56. The number of thioether (sulfide) groups is 1. The first-order valence-electron chi connectivity index (χ1n) is 8.21. The molecule has 2 heterocycles. The van der Waals surface area contributed by atoms with Gasteiger partial charge in [-0.15, -0.1) is 11.8 Å². The first kappa shape index (κ1) is 16.0. The van der Waals surface area contributed by atoms with Gasteiger partial charge < -0.3 is 9.88 Å². The number of rotatable bonds is 3. The number of carbonyl (C=O) groups excluding carboxylic acids is 1. The van der Waals surface area contributed by atoms with Crippen LogP contribution in [0.5, 0.6) is 0 Å². The molecule has 0 aliphatic carbocycles. The molecule has 25 heavy (non-hydrogen) atoms. The highest BCUT2D eigenvalue weighted by Crippen LogP contribution is 2.31. The van der Waals surface area contributed by atoms with Crippen LogP contribution >= 0.6 is 11.8 Å². The van der Waals surface area contributed by atoms with Crippen LogP contribution in [0.15, 0.2) is 58.4 Å². The third kappa shape index (κ3) is 2.55. The monoisotopic (exact) mass is 350 g/mol. The third-order valence-corrected chi connectivity index (χ3v) is 5.52. The molecule has 0 fully saturated rings. The number of carbonyl (C=O) groups is 1. The molecule has 2 aromatic carbocycles. The fourth-order valence-electron chi connectivity index (χ4n) is 3.52. The number of aromatic nitrogens is 1. The maximum atomic E-state index is 12.9. The molecule has 0 saturated carbocycles. The zero-order chi connectivity index (χ0) is 17.6. The Morgan fingerprint density at radius 3 is 2.80 bits per heavy atom. The van der Waals surface area contributed by atoms with Crippen LogP contribution in [0.3, 0.4) is 0 Å². The lowest BCUT2D eigenvalue weighted by Gasteiger charge is -2.13. The topological polar surface area (TPSA) is 51.1 Å². The zero-order valence-electron chi connectivity index (χ0n) is 14.1. The molecule has 0 saturated heterocycles. The number of nitrogens with one attached hydrogen (secondary N) is 1. The number of para-hydroxylation sites is 2. The van der Waals surface area contributed by atoms with Gasteiger partial charge in [0.2, 0.25) is 5.43 Å². The zero-order valence-corrected chi connectivity index (χ0v) is 14.9. The fraction of sp³-hybridized carbons (Fsp3) is 0.200. The van der Waals surface area contributed by atoms with Gasteiger partial charge >= 0.3 is 0 Å². The molecule has 3 aromatic rings. The summed E-state index contributed by atoms with van der Waals surface area (Å²) in [6.07, 6.45) is 4.56. The van der Waals surface area contributed by atoms with Crippen molar-refractivity contribution in [2.75, 3.05) is 11.6 Å². The van der Waals surface area contributed by atoms with E-state index in [9.17, 15) is 9.59 Å². The fourth-order valence-corrected chi connectivity index (χ4v) is 4.07. The van der Waals surface area contributed by atoms with E-state index in [1.165, 1.54) is 5.56 Å². The van der Waals surface area contributed by atoms with Crippen LogP contribution in [-0.4, -0.2) is 16.7 Å². The van der Waals surface area contributed by atoms with Crippen molar-refractivity contribution in [3.63, 3.8) is 0 Å². The molecule has 1 aliphatic rings. The second-order valence-corrected chi connectivity index (χ2v) is 7.15. The summed E-state index contributed by atoms with van der Waals surface area (Å²) in [6.45, 7) is 2.11. The molecule has 0 unspecified atom stereocenters. The predicted molar refractivity (Wildman–Crippen MR) is 103 cm³/mol. The number of amides is 1. The third-order valence-electron chi connectivity index (χ3n) is 4.73. The van der Waals surface area contributed by atoms with E-state index >= 15 is 0 Å². The van der Waals surface area contributed by atoms with E-state index in [0.29, 0.717) is 5.39 Å². The van der Waals surface area contributed by atoms with E-state index < -0.39 is 0 Å². The van der Waals surface area contributed by atoms with Gasteiger partial charge in [-0.1, -0.05) is 24.3 Å². The van der Waals surface area contributed by atoms with Crippen LogP contribution in [0.1, 0.15) is 28.9 Å². The van der Waals surface area contributed by atoms with Crippen molar-refractivity contribution >= 4 is 34.3 Å². The van der Waals surface area contributed by atoms with Crippen LogP contribution < -0.4 is 10.7 Å². The Bertz CT molecular complexity index is 1060. The molecular formula is C20H18N2O2S. The van der Waals surface area contributed by atoms with Crippen molar-refractivity contribution < 1.29 is 4.79 Å². The maximum Gasteiger partial charge on any atom is 0.261 e. The summed E-state index contributed by atoms with van der Waals surface area (Å²) in [6, 6.07) is 13.6. The number of hydrogen-bond donors (Lipinski definition) is 1. The number of benzene rings is 2. The highest BCUT2D eigenvalue weighted by Gasteiger charge is 2.24. The van der Waals surface area contributed by atoms with Crippen LogP contribution in [0, 0.1) is 0 Å². The van der Waals surface area contributed by atoms with Crippen LogP contribution in [-0.2, 0) is 6.42 Å². The van der Waals surface area contributed by atoms with Gasteiger partial charge in [0, 0.05) is 22.5 Å². The molecule has 0 bridgehead atoms. The number of nitrogens with zero attached hydrogens (tertiary/aromatic N) is 1. The average molecular weight is 350 g/mol. The van der Waals surface area contributed by atoms with Crippen molar-refractivity contribution in [3.8, 4) is 0 Å². The van der Waals surface area contributed by atoms with Gasteiger partial charge in [-0.3, -0.25) is 9.59 Å². The summed E-state index contributed by atoms with van der Waals surface area (Å²) in [5.74, 6) is -0.360. The molecule has 0 spiro atoms. The lowest BCUT2D eigenvalue weighted by atomic mass is 10.1. The van der Waals surface area contributed by atoms with Gasteiger partial charge in [-0.25, -0.2) is 0 Å². The predicted octanol–water partition coefficient (Wildman–Crippen LogP) is 4.09. The second-order valence-electron chi connectivity index (χ2n) is 6.30. The smallest absolute Gasteiger partial charge is 0.261 e. The van der Waals surface area contributed by atoms with Crippen molar-refractivity contribution in [3.05, 3.63) is 70.0 Å². The first-order valence-corrected chi connectivity index (χ1v) is 9.43. The van der Waals surface area contributed by atoms with Crippen LogP contribution in [0.2, 0.25) is 0 Å². The van der Waals surface area contributed by atoms with Gasteiger partial charge in [-0.05, 0) is 43.4 Å². The minimum absolute atomic E-state index is 0.189. The average Bonchev–Trinajstić information content (AvgIpc) is 2.94. The molecule has 1 amide bonds. The lowest BCUT2D eigenvalue weighted by Crippen LogP contribution is -2.24. The van der Waals surface area contributed by atoms with Crippen LogP contribution in [0.4, 0.5) is 5.69 Å². The molecule has 1 aliphatic heterocycles. The van der Waals surface area contributed by atoms with E-state index in [2.05, 4.69) is 22.9 Å². The van der Waals surface area contributed by atoms with Gasteiger partial charge in [-0.2, -0.15) is 0 Å².